The summed E-state index contributed by atoms with van der Waals surface area (Å²) in [5.41, 5.74) is 1.49. The quantitative estimate of drug-likeness (QED) is 0.670. The van der Waals surface area contributed by atoms with Crippen molar-refractivity contribution >= 4 is 38.6 Å². The van der Waals surface area contributed by atoms with Gasteiger partial charge in [-0.05, 0) is 53.4 Å². The molecule has 2 aromatic carbocycles. The second-order valence-electron chi connectivity index (χ2n) is 4.98. The second kappa shape index (κ2) is 7.25. The van der Waals surface area contributed by atoms with Crippen molar-refractivity contribution < 1.29 is 13.2 Å². The summed E-state index contributed by atoms with van der Waals surface area (Å²) in [7, 11) is -3.53. The summed E-state index contributed by atoms with van der Waals surface area (Å²) in [6, 6.07) is 17.5. The molecule has 7 heteroatoms. The van der Waals surface area contributed by atoms with E-state index in [2.05, 4.69) is 4.72 Å². The topological polar surface area (TPSA) is 55.4 Å². The van der Waals surface area contributed by atoms with Gasteiger partial charge in [-0.1, -0.05) is 29.8 Å². The zero-order chi connectivity index (χ0) is 17.0. The van der Waals surface area contributed by atoms with Crippen molar-refractivity contribution in [2.45, 2.75) is 10.8 Å². The maximum atomic E-state index is 12.1. The summed E-state index contributed by atoms with van der Waals surface area (Å²) < 4.78 is 32.8. The number of rotatable bonds is 6. The number of ether oxygens (including phenoxy) is 1. The molecule has 0 saturated carbocycles. The zero-order valence-electron chi connectivity index (χ0n) is 12.5. The average molecular weight is 380 g/mol. The fourth-order valence-corrected chi connectivity index (χ4v) is 4.17. The molecule has 1 heterocycles. The first kappa shape index (κ1) is 16.8. The SMILES string of the molecule is O=S(=O)(Nc1ccc(OCc2ccc(Cl)cc2)cc1)c1cccs1. The van der Waals surface area contributed by atoms with E-state index >= 15 is 0 Å². The molecule has 0 aliphatic carbocycles. The molecule has 0 spiro atoms. The molecule has 24 heavy (non-hydrogen) atoms. The van der Waals surface area contributed by atoms with Gasteiger partial charge in [-0.3, -0.25) is 4.72 Å². The Bertz CT molecular complexity index is 890. The Hall–Kier alpha value is -2.02. The minimum atomic E-state index is -3.53. The first-order chi connectivity index (χ1) is 11.5. The first-order valence-corrected chi connectivity index (χ1v) is 9.81. The number of hydrogen-bond acceptors (Lipinski definition) is 4. The molecular formula is C17H14ClNO3S2. The molecule has 124 valence electrons. The maximum absolute atomic E-state index is 12.1. The fraction of sp³-hybridized carbons (Fsp3) is 0.0588. The van der Waals surface area contributed by atoms with Crippen LogP contribution in [0.2, 0.25) is 5.02 Å². The highest BCUT2D eigenvalue weighted by Gasteiger charge is 2.14. The van der Waals surface area contributed by atoms with E-state index < -0.39 is 10.0 Å². The van der Waals surface area contributed by atoms with Gasteiger partial charge in [0.05, 0.1) is 0 Å². The van der Waals surface area contributed by atoms with Crippen LogP contribution in [0.1, 0.15) is 5.56 Å². The third-order valence-corrected chi connectivity index (χ3v) is 6.22. The van der Waals surface area contributed by atoms with E-state index in [0.29, 0.717) is 23.1 Å². The number of sulfonamides is 1. The lowest BCUT2D eigenvalue weighted by atomic mass is 10.2. The van der Waals surface area contributed by atoms with Crippen LogP contribution in [-0.2, 0) is 16.6 Å². The fourth-order valence-electron chi connectivity index (χ4n) is 1.99. The van der Waals surface area contributed by atoms with E-state index in [4.69, 9.17) is 16.3 Å². The lowest BCUT2D eigenvalue weighted by Gasteiger charge is -2.09. The standard InChI is InChI=1S/C17H14ClNO3S2/c18-14-5-3-13(4-6-14)12-22-16-9-7-15(8-10-16)19-24(20,21)17-2-1-11-23-17/h1-11,19H,12H2. The van der Waals surface area contributed by atoms with Crippen LogP contribution in [0.3, 0.4) is 0 Å². The van der Waals surface area contributed by atoms with E-state index in [0.717, 1.165) is 5.56 Å². The van der Waals surface area contributed by atoms with E-state index in [1.807, 2.05) is 24.3 Å². The third kappa shape index (κ3) is 4.29. The summed E-state index contributed by atoms with van der Waals surface area (Å²) in [6.07, 6.45) is 0. The predicted molar refractivity (Wildman–Crippen MR) is 97.4 cm³/mol. The monoisotopic (exact) mass is 379 g/mol. The van der Waals surface area contributed by atoms with Gasteiger partial charge in [-0.2, -0.15) is 0 Å². The molecule has 0 atom stereocenters. The third-order valence-electron chi connectivity index (χ3n) is 3.19. The number of halogens is 1. The van der Waals surface area contributed by atoms with Crippen LogP contribution in [0.4, 0.5) is 5.69 Å². The smallest absolute Gasteiger partial charge is 0.271 e. The molecule has 0 bridgehead atoms. The zero-order valence-corrected chi connectivity index (χ0v) is 14.9. The number of benzene rings is 2. The van der Waals surface area contributed by atoms with Crippen LogP contribution in [-0.4, -0.2) is 8.42 Å². The predicted octanol–water partition coefficient (Wildman–Crippen LogP) is 4.78. The lowest BCUT2D eigenvalue weighted by Crippen LogP contribution is -2.11. The van der Waals surface area contributed by atoms with Gasteiger partial charge in [-0.25, -0.2) is 8.42 Å². The Morgan fingerprint density at radius 3 is 2.33 bits per heavy atom. The highest BCUT2D eigenvalue weighted by atomic mass is 35.5. The van der Waals surface area contributed by atoms with Gasteiger partial charge in [0.2, 0.25) is 0 Å². The highest BCUT2D eigenvalue weighted by Crippen LogP contribution is 2.22. The summed E-state index contributed by atoms with van der Waals surface area (Å²) in [6.45, 7) is 0.414. The van der Waals surface area contributed by atoms with Crippen LogP contribution in [0.15, 0.2) is 70.3 Å². The molecule has 4 nitrogen and oxygen atoms in total. The van der Waals surface area contributed by atoms with Crippen LogP contribution >= 0.6 is 22.9 Å². The van der Waals surface area contributed by atoms with Crippen molar-refractivity contribution in [3.05, 3.63) is 76.6 Å². The van der Waals surface area contributed by atoms with Gasteiger partial charge < -0.3 is 4.74 Å². The lowest BCUT2D eigenvalue weighted by molar-refractivity contribution is 0.306. The van der Waals surface area contributed by atoms with Crippen LogP contribution in [0, 0.1) is 0 Å². The largest absolute Gasteiger partial charge is 0.489 e. The van der Waals surface area contributed by atoms with Crippen molar-refractivity contribution in [2.75, 3.05) is 4.72 Å². The van der Waals surface area contributed by atoms with Crippen LogP contribution < -0.4 is 9.46 Å². The summed E-state index contributed by atoms with van der Waals surface area (Å²) in [4.78, 5) is 0. The Labute approximate surface area is 149 Å². The molecular weight excluding hydrogens is 366 g/mol. The van der Waals surface area contributed by atoms with Crippen molar-refractivity contribution in [3.63, 3.8) is 0 Å². The van der Waals surface area contributed by atoms with Gasteiger partial charge in [0, 0.05) is 10.7 Å². The van der Waals surface area contributed by atoms with Crippen LogP contribution in [0.5, 0.6) is 5.75 Å². The Kier molecular flexibility index (Phi) is 5.08. The molecule has 0 radical (unpaired) electrons. The van der Waals surface area contributed by atoms with Gasteiger partial charge in [0.15, 0.2) is 0 Å². The number of nitrogens with one attached hydrogen (secondary N) is 1. The van der Waals surface area contributed by atoms with E-state index in [1.54, 1.807) is 41.8 Å². The summed E-state index contributed by atoms with van der Waals surface area (Å²) in [5, 5.41) is 2.41. The molecule has 3 rings (SSSR count). The molecule has 1 N–H and O–H groups in total. The molecule has 0 unspecified atom stereocenters. The highest BCUT2D eigenvalue weighted by molar-refractivity contribution is 7.94. The van der Waals surface area contributed by atoms with Crippen molar-refractivity contribution in [1.82, 2.24) is 0 Å². The number of hydrogen-bond donors (Lipinski definition) is 1. The average Bonchev–Trinajstić information content (AvgIpc) is 3.11. The Morgan fingerprint density at radius 1 is 1.00 bits per heavy atom. The molecule has 3 aromatic rings. The number of anilines is 1. The van der Waals surface area contributed by atoms with Gasteiger partial charge in [0.25, 0.3) is 10.0 Å². The van der Waals surface area contributed by atoms with Crippen molar-refractivity contribution in [3.8, 4) is 5.75 Å². The first-order valence-electron chi connectivity index (χ1n) is 7.06. The molecule has 0 amide bonds. The Morgan fingerprint density at radius 2 is 1.71 bits per heavy atom. The summed E-state index contributed by atoms with van der Waals surface area (Å²) in [5.74, 6) is 0.657. The normalized spacial score (nSPS) is 11.2. The van der Waals surface area contributed by atoms with Crippen molar-refractivity contribution in [2.24, 2.45) is 0 Å². The number of thiophene rings is 1. The maximum Gasteiger partial charge on any atom is 0.271 e. The Balaban J connectivity index is 1.62. The minimum Gasteiger partial charge on any atom is -0.489 e. The van der Waals surface area contributed by atoms with Gasteiger partial charge in [0.1, 0.15) is 16.6 Å². The van der Waals surface area contributed by atoms with E-state index in [1.165, 1.54) is 11.3 Å². The van der Waals surface area contributed by atoms with Gasteiger partial charge in [-0.15, -0.1) is 11.3 Å². The minimum absolute atomic E-state index is 0.283. The van der Waals surface area contributed by atoms with E-state index in [-0.39, 0.29) is 4.21 Å². The van der Waals surface area contributed by atoms with Gasteiger partial charge >= 0.3 is 0 Å². The summed E-state index contributed by atoms with van der Waals surface area (Å²) >= 11 is 7.01. The molecule has 0 saturated heterocycles. The molecule has 0 aliphatic rings. The molecule has 1 aromatic heterocycles. The molecule has 0 fully saturated rings. The second-order valence-corrected chi connectivity index (χ2v) is 8.27. The molecule has 0 aliphatic heterocycles. The van der Waals surface area contributed by atoms with E-state index in [9.17, 15) is 8.42 Å². The van der Waals surface area contributed by atoms with Crippen molar-refractivity contribution in [1.29, 1.82) is 0 Å². The van der Waals surface area contributed by atoms with Crippen LogP contribution in [0.25, 0.3) is 0 Å².